The van der Waals surface area contributed by atoms with E-state index in [9.17, 15) is 0 Å². The summed E-state index contributed by atoms with van der Waals surface area (Å²) in [6.45, 7) is 0. The third-order valence-electron chi connectivity index (χ3n) is 6.72. The Kier molecular flexibility index (Phi) is 5.73. The number of hydrogen-bond acceptors (Lipinski definition) is 3. The van der Waals surface area contributed by atoms with Gasteiger partial charge in [-0.1, -0.05) is 115 Å². The van der Waals surface area contributed by atoms with Crippen molar-refractivity contribution in [2.45, 2.75) is 19.6 Å². The largest absolute Gasteiger partial charge is 0.310 e. The molecule has 0 aromatic heterocycles. The molecule has 37 heavy (non-hydrogen) atoms. The molecule has 0 saturated carbocycles. The number of anilines is 3. The van der Waals surface area contributed by atoms with Gasteiger partial charge in [-0.25, -0.2) is 0 Å². The van der Waals surface area contributed by atoms with Crippen LogP contribution in [0.5, 0.6) is 0 Å². The van der Waals surface area contributed by atoms with E-state index in [1.54, 1.807) is 0 Å². The van der Waals surface area contributed by atoms with Gasteiger partial charge < -0.3 is 4.90 Å². The SMILES string of the molecule is c1ccc(N(c2ccc(-c3cccc4c3Sc3ccccc3S4)cc2)c2cccc3ccccc23)cc1. The summed E-state index contributed by atoms with van der Waals surface area (Å²) < 4.78 is 0. The highest BCUT2D eigenvalue weighted by atomic mass is 32.2. The van der Waals surface area contributed by atoms with E-state index < -0.39 is 0 Å². The van der Waals surface area contributed by atoms with Crippen LogP contribution in [0.15, 0.2) is 159 Å². The molecule has 3 heteroatoms. The van der Waals surface area contributed by atoms with Gasteiger partial charge in [0.15, 0.2) is 0 Å². The van der Waals surface area contributed by atoms with Crippen molar-refractivity contribution in [2.24, 2.45) is 0 Å². The van der Waals surface area contributed by atoms with Crippen LogP contribution in [-0.2, 0) is 0 Å². The Morgan fingerprint density at radius 1 is 0.432 bits per heavy atom. The lowest BCUT2D eigenvalue weighted by Gasteiger charge is -2.27. The lowest BCUT2D eigenvalue weighted by Crippen LogP contribution is -2.10. The monoisotopic (exact) mass is 509 g/mol. The van der Waals surface area contributed by atoms with E-state index in [1.807, 2.05) is 23.5 Å². The molecule has 0 bridgehead atoms. The van der Waals surface area contributed by atoms with E-state index >= 15 is 0 Å². The van der Waals surface area contributed by atoms with E-state index in [2.05, 4.69) is 144 Å². The van der Waals surface area contributed by atoms with Crippen molar-refractivity contribution < 1.29 is 0 Å². The first kappa shape index (κ1) is 22.3. The van der Waals surface area contributed by atoms with Gasteiger partial charge in [0, 0.05) is 36.3 Å². The second-order valence-corrected chi connectivity index (χ2v) is 11.1. The maximum atomic E-state index is 2.35. The number of fused-ring (bicyclic) bond motifs is 3. The number of para-hydroxylation sites is 1. The van der Waals surface area contributed by atoms with Crippen LogP contribution in [0.1, 0.15) is 0 Å². The summed E-state index contributed by atoms with van der Waals surface area (Å²) in [5, 5.41) is 2.48. The zero-order valence-corrected chi connectivity index (χ0v) is 21.7. The van der Waals surface area contributed by atoms with E-state index in [0.717, 1.165) is 11.4 Å². The molecule has 0 spiro atoms. The van der Waals surface area contributed by atoms with Crippen LogP contribution in [-0.4, -0.2) is 0 Å². The fourth-order valence-electron chi connectivity index (χ4n) is 4.97. The van der Waals surface area contributed by atoms with Gasteiger partial charge in [0.05, 0.1) is 5.69 Å². The maximum absolute atomic E-state index is 2.35. The molecule has 6 aromatic rings. The summed E-state index contributed by atoms with van der Waals surface area (Å²) in [5.41, 5.74) is 5.99. The van der Waals surface area contributed by atoms with Crippen molar-refractivity contribution in [3.8, 4) is 11.1 Å². The number of rotatable bonds is 4. The van der Waals surface area contributed by atoms with Gasteiger partial charge in [-0.2, -0.15) is 0 Å². The average Bonchev–Trinajstić information content (AvgIpc) is 2.97. The third-order valence-corrected chi connectivity index (χ3v) is 9.33. The lowest BCUT2D eigenvalue weighted by molar-refractivity contribution is 1.16. The quantitative estimate of drug-likeness (QED) is 0.232. The Morgan fingerprint density at radius 2 is 1.05 bits per heavy atom. The van der Waals surface area contributed by atoms with Crippen LogP contribution >= 0.6 is 23.5 Å². The summed E-state index contributed by atoms with van der Waals surface area (Å²) in [6.07, 6.45) is 0. The number of nitrogens with zero attached hydrogens (tertiary/aromatic N) is 1. The fourth-order valence-corrected chi connectivity index (χ4v) is 7.37. The van der Waals surface area contributed by atoms with Gasteiger partial charge >= 0.3 is 0 Å². The minimum absolute atomic E-state index is 1.14. The van der Waals surface area contributed by atoms with Crippen LogP contribution in [0.4, 0.5) is 17.1 Å². The van der Waals surface area contributed by atoms with Gasteiger partial charge in [0.1, 0.15) is 0 Å². The highest BCUT2D eigenvalue weighted by Crippen LogP contribution is 2.51. The topological polar surface area (TPSA) is 3.24 Å². The molecule has 0 radical (unpaired) electrons. The van der Waals surface area contributed by atoms with Gasteiger partial charge in [-0.05, 0) is 65.0 Å². The normalized spacial score (nSPS) is 12.1. The van der Waals surface area contributed by atoms with Crippen LogP contribution in [0, 0.1) is 0 Å². The van der Waals surface area contributed by atoms with Crippen LogP contribution in [0.3, 0.4) is 0 Å². The number of benzene rings is 6. The molecule has 176 valence electrons. The van der Waals surface area contributed by atoms with E-state index in [4.69, 9.17) is 0 Å². The van der Waals surface area contributed by atoms with Crippen LogP contribution in [0.25, 0.3) is 21.9 Å². The third kappa shape index (κ3) is 4.11. The Hall–Kier alpha value is -3.92. The molecule has 6 aromatic carbocycles. The predicted molar refractivity (Wildman–Crippen MR) is 159 cm³/mol. The van der Waals surface area contributed by atoms with E-state index in [-0.39, 0.29) is 0 Å². The molecular weight excluding hydrogens is 487 g/mol. The molecule has 1 aliphatic rings. The second-order valence-electron chi connectivity index (χ2n) is 9.00. The smallest absolute Gasteiger partial charge is 0.0540 e. The van der Waals surface area contributed by atoms with Crippen molar-refractivity contribution in [3.63, 3.8) is 0 Å². The Morgan fingerprint density at radius 3 is 1.89 bits per heavy atom. The molecule has 0 saturated heterocycles. The molecule has 7 rings (SSSR count). The summed E-state index contributed by atoms with van der Waals surface area (Å²) in [7, 11) is 0. The summed E-state index contributed by atoms with van der Waals surface area (Å²) in [4.78, 5) is 7.68. The number of hydrogen-bond donors (Lipinski definition) is 0. The summed E-state index contributed by atoms with van der Waals surface area (Å²) in [5.74, 6) is 0. The second kappa shape index (κ2) is 9.51. The lowest BCUT2D eigenvalue weighted by atomic mass is 10.0. The molecule has 0 atom stereocenters. The van der Waals surface area contributed by atoms with Gasteiger partial charge in [-0.3, -0.25) is 0 Å². The Labute approximate surface area is 225 Å². The highest BCUT2D eigenvalue weighted by molar-refractivity contribution is 8.05. The van der Waals surface area contributed by atoms with Crippen molar-refractivity contribution in [1.29, 1.82) is 0 Å². The zero-order valence-electron chi connectivity index (χ0n) is 20.0. The molecule has 0 amide bonds. The molecule has 0 fully saturated rings. The molecule has 1 aliphatic heterocycles. The van der Waals surface area contributed by atoms with E-state index in [1.165, 1.54) is 47.2 Å². The molecular formula is C34H23NS2. The molecule has 0 N–H and O–H groups in total. The van der Waals surface area contributed by atoms with Gasteiger partial charge in [-0.15, -0.1) is 0 Å². The van der Waals surface area contributed by atoms with Crippen molar-refractivity contribution in [3.05, 3.63) is 140 Å². The Balaban J connectivity index is 1.32. The first-order chi connectivity index (χ1) is 18.3. The van der Waals surface area contributed by atoms with Crippen molar-refractivity contribution >= 4 is 51.4 Å². The first-order valence-electron chi connectivity index (χ1n) is 12.4. The predicted octanol–water partition coefficient (Wildman–Crippen LogP) is 10.6. The minimum atomic E-state index is 1.14. The van der Waals surface area contributed by atoms with Gasteiger partial charge in [0.25, 0.3) is 0 Å². The fraction of sp³-hybridized carbons (Fsp3) is 0. The summed E-state index contributed by atoms with van der Waals surface area (Å²) in [6, 6.07) is 50.1. The standard InChI is InChI=1S/C34H23NS2/c1-2-12-26(13-3-1)35(30-16-8-11-24-10-4-5-14-28(24)30)27-22-20-25(21-23-27)29-15-9-19-33-34(29)37-32-18-7-6-17-31(32)36-33/h1-23H. The Bertz CT molecular complexity index is 1720. The van der Waals surface area contributed by atoms with Crippen LogP contribution in [0.2, 0.25) is 0 Å². The average molecular weight is 510 g/mol. The van der Waals surface area contributed by atoms with Crippen molar-refractivity contribution in [1.82, 2.24) is 0 Å². The molecule has 0 aliphatic carbocycles. The first-order valence-corrected chi connectivity index (χ1v) is 14.0. The van der Waals surface area contributed by atoms with Gasteiger partial charge in [0.2, 0.25) is 0 Å². The van der Waals surface area contributed by atoms with Crippen molar-refractivity contribution in [2.75, 3.05) is 4.90 Å². The van der Waals surface area contributed by atoms with Crippen LogP contribution < -0.4 is 4.90 Å². The molecule has 1 nitrogen and oxygen atoms in total. The van der Waals surface area contributed by atoms with E-state index in [0.29, 0.717) is 0 Å². The zero-order chi connectivity index (χ0) is 24.6. The minimum Gasteiger partial charge on any atom is -0.310 e. The highest BCUT2D eigenvalue weighted by Gasteiger charge is 2.20. The maximum Gasteiger partial charge on any atom is 0.0540 e. The summed E-state index contributed by atoms with van der Waals surface area (Å²) >= 11 is 3.74. The molecule has 0 unspecified atom stereocenters. The molecule has 1 heterocycles.